The van der Waals surface area contributed by atoms with E-state index in [1.807, 2.05) is 12.1 Å². The van der Waals surface area contributed by atoms with Crippen LogP contribution in [0.25, 0.3) is 0 Å². The van der Waals surface area contributed by atoms with Crippen molar-refractivity contribution < 1.29 is 0 Å². The molecule has 1 aromatic rings. The Morgan fingerprint density at radius 2 is 1.83 bits per heavy atom. The van der Waals surface area contributed by atoms with E-state index in [-0.39, 0.29) is 0 Å². The SMILES string of the molecule is CCCN(CCC)C(CN)c1ccc(Cl)cc1C. The van der Waals surface area contributed by atoms with Crippen LogP contribution in [0.3, 0.4) is 0 Å². The lowest BCUT2D eigenvalue weighted by molar-refractivity contribution is 0.201. The largest absolute Gasteiger partial charge is 0.329 e. The molecule has 3 heteroatoms. The summed E-state index contributed by atoms with van der Waals surface area (Å²) in [6.45, 7) is 9.38. The van der Waals surface area contributed by atoms with Crippen molar-refractivity contribution in [3.05, 3.63) is 34.3 Å². The molecule has 0 fully saturated rings. The van der Waals surface area contributed by atoms with Gasteiger partial charge in [0.1, 0.15) is 0 Å². The van der Waals surface area contributed by atoms with Gasteiger partial charge in [0, 0.05) is 17.6 Å². The van der Waals surface area contributed by atoms with Gasteiger partial charge in [0.2, 0.25) is 0 Å². The number of rotatable bonds is 7. The second-order valence-electron chi connectivity index (χ2n) is 4.79. The fraction of sp³-hybridized carbons (Fsp3) is 0.600. The predicted molar refractivity (Wildman–Crippen MR) is 80.1 cm³/mol. The maximum absolute atomic E-state index is 6.02. The van der Waals surface area contributed by atoms with Gasteiger partial charge in [-0.15, -0.1) is 0 Å². The summed E-state index contributed by atoms with van der Waals surface area (Å²) in [5.74, 6) is 0. The molecule has 18 heavy (non-hydrogen) atoms. The molecular formula is C15H25ClN2. The van der Waals surface area contributed by atoms with Crippen molar-refractivity contribution in [1.29, 1.82) is 0 Å². The van der Waals surface area contributed by atoms with E-state index >= 15 is 0 Å². The lowest BCUT2D eigenvalue weighted by Crippen LogP contribution is -2.35. The fourth-order valence-electron chi connectivity index (χ4n) is 2.48. The number of nitrogens with zero attached hydrogens (tertiary/aromatic N) is 1. The Bertz CT molecular complexity index is 360. The summed E-state index contributed by atoms with van der Waals surface area (Å²) < 4.78 is 0. The van der Waals surface area contributed by atoms with Gasteiger partial charge in [-0.1, -0.05) is 31.5 Å². The average molecular weight is 269 g/mol. The highest BCUT2D eigenvalue weighted by Crippen LogP contribution is 2.25. The van der Waals surface area contributed by atoms with Gasteiger partial charge >= 0.3 is 0 Å². The van der Waals surface area contributed by atoms with E-state index in [1.54, 1.807) is 0 Å². The first-order valence-corrected chi connectivity index (χ1v) is 7.22. The van der Waals surface area contributed by atoms with E-state index in [0.717, 1.165) is 31.0 Å². The third-order valence-electron chi connectivity index (χ3n) is 3.28. The van der Waals surface area contributed by atoms with Crippen molar-refractivity contribution in [3.63, 3.8) is 0 Å². The van der Waals surface area contributed by atoms with E-state index in [9.17, 15) is 0 Å². The van der Waals surface area contributed by atoms with Crippen LogP contribution in [0.15, 0.2) is 18.2 Å². The monoisotopic (exact) mass is 268 g/mol. The van der Waals surface area contributed by atoms with Gasteiger partial charge in [0.25, 0.3) is 0 Å². The van der Waals surface area contributed by atoms with Crippen LogP contribution < -0.4 is 5.73 Å². The Morgan fingerprint density at radius 1 is 1.22 bits per heavy atom. The van der Waals surface area contributed by atoms with Gasteiger partial charge in [-0.2, -0.15) is 0 Å². The molecule has 1 atom stereocenters. The molecular weight excluding hydrogens is 244 g/mol. The van der Waals surface area contributed by atoms with Crippen molar-refractivity contribution in [3.8, 4) is 0 Å². The molecule has 0 aliphatic rings. The Morgan fingerprint density at radius 3 is 2.28 bits per heavy atom. The number of hydrogen-bond acceptors (Lipinski definition) is 2. The van der Waals surface area contributed by atoms with Gasteiger partial charge < -0.3 is 5.73 Å². The molecule has 0 radical (unpaired) electrons. The minimum atomic E-state index is 0.308. The molecule has 2 nitrogen and oxygen atoms in total. The lowest BCUT2D eigenvalue weighted by Gasteiger charge is -2.31. The molecule has 0 bridgehead atoms. The van der Waals surface area contributed by atoms with Crippen LogP contribution in [0.4, 0.5) is 0 Å². The summed E-state index contributed by atoms with van der Waals surface area (Å²) in [6.07, 6.45) is 2.31. The van der Waals surface area contributed by atoms with Crippen LogP contribution in [-0.2, 0) is 0 Å². The summed E-state index contributed by atoms with van der Waals surface area (Å²) in [4.78, 5) is 2.48. The molecule has 102 valence electrons. The fourth-order valence-corrected chi connectivity index (χ4v) is 2.71. The number of hydrogen-bond donors (Lipinski definition) is 1. The Kier molecular flexibility index (Phi) is 6.69. The van der Waals surface area contributed by atoms with Gasteiger partial charge in [0.15, 0.2) is 0 Å². The topological polar surface area (TPSA) is 29.3 Å². The van der Waals surface area contributed by atoms with Crippen molar-refractivity contribution in [2.24, 2.45) is 5.73 Å². The van der Waals surface area contributed by atoms with E-state index in [2.05, 4.69) is 31.7 Å². The molecule has 1 unspecified atom stereocenters. The molecule has 0 aliphatic heterocycles. The van der Waals surface area contributed by atoms with Crippen LogP contribution in [-0.4, -0.2) is 24.5 Å². The number of halogens is 1. The molecule has 0 heterocycles. The van der Waals surface area contributed by atoms with Crippen molar-refractivity contribution in [2.75, 3.05) is 19.6 Å². The normalized spacial score (nSPS) is 13.0. The maximum Gasteiger partial charge on any atom is 0.0473 e. The summed E-state index contributed by atoms with van der Waals surface area (Å²) in [7, 11) is 0. The van der Waals surface area contributed by atoms with Gasteiger partial charge in [0.05, 0.1) is 0 Å². The highest BCUT2D eigenvalue weighted by molar-refractivity contribution is 6.30. The first kappa shape index (κ1) is 15.5. The third-order valence-corrected chi connectivity index (χ3v) is 3.51. The van der Waals surface area contributed by atoms with Crippen LogP contribution in [0, 0.1) is 6.92 Å². The highest BCUT2D eigenvalue weighted by Gasteiger charge is 2.19. The predicted octanol–water partition coefficient (Wildman–Crippen LogP) is 3.77. The van der Waals surface area contributed by atoms with Crippen LogP contribution >= 0.6 is 11.6 Å². The number of benzene rings is 1. The van der Waals surface area contributed by atoms with Crippen molar-refractivity contribution in [1.82, 2.24) is 4.90 Å². The zero-order valence-corrected chi connectivity index (χ0v) is 12.5. The third kappa shape index (κ3) is 3.98. The summed E-state index contributed by atoms with van der Waals surface area (Å²) in [5, 5.41) is 0.796. The Balaban J connectivity index is 2.98. The molecule has 0 aliphatic carbocycles. The van der Waals surface area contributed by atoms with E-state index in [1.165, 1.54) is 11.1 Å². The standard InChI is InChI=1S/C15H25ClN2/c1-4-8-18(9-5-2)15(11-17)14-7-6-13(16)10-12(14)3/h6-7,10,15H,4-5,8-9,11,17H2,1-3H3. The zero-order chi connectivity index (χ0) is 13.5. The van der Waals surface area contributed by atoms with Crippen LogP contribution in [0.1, 0.15) is 43.9 Å². The Labute approximate surface area is 116 Å². The molecule has 0 spiro atoms. The minimum absolute atomic E-state index is 0.308. The number of nitrogens with two attached hydrogens (primary N) is 1. The molecule has 2 N–H and O–H groups in total. The van der Waals surface area contributed by atoms with Gasteiger partial charge in [-0.25, -0.2) is 0 Å². The summed E-state index contributed by atoms with van der Waals surface area (Å²) in [5.41, 5.74) is 8.54. The molecule has 1 aromatic carbocycles. The van der Waals surface area contributed by atoms with Crippen LogP contribution in [0.2, 0.25) is 5.02 Å². The van der Waals surface area contributed by atoms with E-state index < -0.39 is 0 Å². The maximum atomic E-state index is 6.02. The number of aryl methyl sites for hydroxylation is 1. The molecule has 0 saturated carbocycles. The second kappa shape index (κ2) is 7.78. The van der Waals surface area contributed by atoms with E-state index in [0.29, 0.717) is 12.6 Å². The average Bonchev–Trinajstić information content (AvgIpc) is 2.33. The van der Waals surface area contributed by atoms with E-state index in [4.69, 9.17) is 17.3 Å². The molecule has 0 saturated heterocycles. The summed E-state index contributed by atoms with van der Waals surface area (Å²) in [6, 6.07) is 6.41. The zero-order valence-electron chi connectivity index (χ0n) is 11.7. The van der Waals surface area contributed by atoms with Crippen LogP contribution in [0.5, 0.6) is 0 Å². The quantitative estimate of drug-likeness (QED) is 0.816. The van der Waals surface area contributed by atoms with Gasteiger partial charge in [-0.05, 0) is 56.1 Å². The van der Waals surface area contributed by atoms with Crippen molar-refractivity contribution in [2.45, 2.75) is 39.7 Å². The first-order chi connectivity index (χ1) is 8.63. The highest BCUT2D eigenvalue weighted by atomic mass is 35.5. The van der Waals surface area contributed by atoms with Gasteiger partial charge in [-0.3, -0.25) is 4.90 Å². The van der Waals surface area contributed by atoms with Crippen molar-refractivity contribution >= 4 is 11.6 Å². The first-order valence-electron chi connectivity index (χ1n) is 6.84. The smallest absolute Gasteiger partial charge is 0.0473 e. The summed E-state index contributed by atoms with van der Waals surface area (Å²) >= 11 is 6.02. The molecule has 1 rings (SSSR count). The lowest BCUT2D eigenvalue weighted by atomic mass is 9.99. The molecule has 0 aromatic heterocycles. The molecule has 0 amide bonds. The second-order valence-corrected chi connectivity index (χ2v) is 5.22. The minimum Gasteiger partial charge on any atom is -0.329 e. The Hall–Kier alpha value is -0.570.